The fourth-order valence-corrected chi connectivity index (χ4v) is 6.34. The standard InChI is InChI=1S/C34H40N6O5/c1-5-8-28-27(19-22-11-13-23(14-12-22)25-9-6-7-10-26(25)29-37-32(42)45-38-29)30(41)39(31-35-21-36-40(28)31)24-15-17-34(4,18-16-24)44-20-33(2,3)43/h6-7,9-14,21,24,43H,5,8,15-20H2,1-4H3,(H,37,38,42)/t24-,34+. The van der Waals surface area contributed by atoms with Gasteiger partial charge in [0, 0.05) is 23.6 Å². The molecule has 1 saturated carbocycles. The molecule has 11 heteroatoms. The molecule has 0 aliphatic heterocycles. The van der Waals surface area contributed by atoms with Crippen LogP contribution in [0.3, 0.4) is 0 Å². The number of aromatic nitrogens is 6. The summed E-state index contributed by atoms with van der Waals surface area (Å²) < 4.78 is 14.6. The number of ether oxygens (including phenoxy) is 1. The van der Waals surface area contributed by atoms with Crippen LogP contribution in [0.1, 0.15) is 82.7 Å². The van der Waals surface area contributed by atoms with Gasteiger partial charge in [0.25, 0.3) is 5.56 Å². The molecule has 0 unspecified atom stereocenters. The van der Waals surface area contributed by atoms with E-state index in [0.717, 1.165) is 65.6 Å². The third-order valence-corrected chi connectivity index (χ3v) is 8.73. The SMILES string of the molecule is CCCc1c(Cc2ccc(-c3ccccc3-c3noc(=O)[nH]3)cc2)c(=O)n([C@H]2CC[C@@](C)(OCC(C)(C)O)CC2)c2ncnn12. The lowest BCUT2D eigenvalue weighted by molar-refractivity contribution is -0.117. The Morgan fingerprint density at radius 1 is 1.09 bits per heavy atom. The Balaban J connectivity index is 1.31. The van der Waals surface area contributed by atoms with Gasteiger partial charge in [0.1, 0.15) is 6.33 Å². The number of rotatable bonds is 10. The highest BCUT2D eigenvalue weighted by Gasteiger charge is 2.35. The van der Waals surface area contributed by atoms with Crippen molar-refractivity contribution in [3.8, 4) is 22.5 Å². The summed E-state index contributed by atoms with van der Waals surface area (Å²) in [7, 11) is 0. The molecule has 0 amide bonds. The second kappa shape index (κ2) is 12.2. The third-order valence-electron chi connectivity index (χ3n) is 8.73. The Morgan fingerprint density at radius 3 is 2.44 bits per heavy atom. The number of aliphatic hydroxyl groups is 1. The van der Waals surface area contributed by atoms with Crippen LogP contribution in [0.4, 0.5) is 0 Å². The summed E-state index contributed by atoms with van der Waals surface area (Å²) in [6, 6.07) is 15.8. The van der Waals surface area contributed by atoms with Gasteiger partial charge in [-0.3, -0.25) is 18.9 Å². The molecule has 5 aromatic rings. The molecule has 2 N–H and O–H groups in total. The maximum Gasteiger partial charge on any atom is 0.439 e. The van der Waals surface area contributed by atoms with E-state index in [9.17, 15) is 14.7 Å². The van der Waals surface area contributed by atoms with Gasteiger partial charge in [0.2, 0.25) is 5.78 Å². The number of hydrogen-bond donors (Lipinski definition) is 2. The number of hydrogen-bond acceptors (Lipinski definition) is 8. The fourth-order valence-electron chi connectivity index (χ4n) is 6.34. The predicted octanol–water partition coefficient (Wildman–Crippen LogP) is 5.11. The van der Waals surface area contributed by atoms with E-state index in [1.54, 1.807) is 13.8 Å². The normalized spacial score (nSPS) is 18.9. The van der Waals surface area contributed by atoms with Gasteiger partial charge in [0.05, 0.1) is 23.5 Å². The van der Waals surface area contributed by atoms with Gasteiger partial charge < -0.3 is 9.84 Å². The van der Waals surface area contributed by atoms with Crippen LogP contribution in [0.2, 0.25) is 0 Å². The minimum atomic E-state index is -0.895. The summed E-state index contributed by atoms with van der Waals surface area (Å²) >= 11 is 0. The highest BCUT2D eigenvalue weighted by atomic mass is 16.5. The van der Waals surface area contributed by atoms with E-state index in [1.807, 2.05) is 57.6 Å². The van der Waals surface area contributed by atoms with Crippen molar-refractivity contribution in [2.45, 2.75) is 89.9 Å². The van der Waals surface area contributed by atoms with Crippen molar-refractivity contribution in [2.75, 3.05) is 6.61 Å². The third kappa shape index (κ3) is 6.41. The van der Waals surface area contributed by atoms with Crippen molar-refractivity contribution in [3.63, 3.8) is 0 Å². The lowest BCUT2D eigenvalue weighted by Crippen LogP contribution is -2.41. The number of fused-ring (bicyclic) bond motifs is 1. The number of aromatic amines is 1. The molecule has 0 saturated heterocycles. The number of benzene rings is 2. The molecular formula is C34H40N6O5. The summed E-state index contributed by atoms with van der Waals surface area (Å²) in [5.41, 5.74) is 3.98. The van der Waals surface area contributed by atoms with Gasteiger partial charge >= 0.3 is 5.76 Å². The molecule has 0 spiro atoms. The van der Waals surface area contributed by atoms with Gasteiger partial charge in [-0.1, -0.05) is 67.0 Å². The van der Waals surface area contributed by atoms with Gasteiger partial charge in [-0.05, 0) is 69.6 Å². The monoisotopic (exact) mass is 612 g/mol. The zero-order valence-electron chi connectivity index (χ0n) is 26.2. The van der Waals surface area contributed by atoms with E-state index < -0.39 is 11.4 Å². The molecule has 3 heterocycles. The van der Waals surface area contributed by atoms with Crippen LogP contribution in [0.25, 0.3) is 28.3 Å². The molecular weight excluding hydrogens is 572 g/mol. The second-order valence-electron chi connectivity index (χ2n) is 13.0. The number of nitrogens with zero attached hydrogens (tertiary/aromatic N) is 5. The summed E-state index contributed by atoms with van der Waals surface area (Å²) in [5, 5.41) is 18.6. The summed E-state index contributed by atoms with van der Waals surface area (Å²) in [6.07, 6.45) is 6.65. The molecule has 0 atom stereocenters. The van der Waals surface area contributed by atoms with E-state index in [0.29, 0.717) is 24.4 Å². The van der Waals surface area contributed by atoms with Crippen molar-refractivity contribution in [2.24, 2.45) is 0 Å². The Labute approximate surface area is 260 Å². The van der Waals surface area contributed by atoms with E-state index in [4.69, 9.17) is 9.26 Å². The molecule has 6 rings (SSSR count). The predicted molar refractivity (Wildman–Crippen MR) is 170 cm³/mol. The van der Waals surface area contributed by atoms with Crippen molar-refractivity contribution in [1.82, 2.24) is 29.3 Å². The molecule has 1 fully saturated rings. The molecule has 11 nitrogen and oxygen atoms in total. The molecule has 2 aromatic carbocycles. The maximum atomic E-state index is 14.4. The van der Waals surface area contributed by atoms with E-state index in [1.165, 1.54) is 6.33 Å². The zero-order chi connectivity index (χ0) is 31.8. The van der Waals surface area contributed by atoms with E-state index >= 15 is 0 Å². The highest BCUT2D eigenvalue weighted by Crippen LogP contribution is 2.38. The van der Waals surface area contributed by atoms with Gasteiger partial charge in [0.15, 0.2) is 5.82 Å². The van der Waals surface area contributed by atoms with Crippen LogP contribution in [0.5, 0.6) is 0 Å². The van der Waals surface area contributed by atoms with E-state index in [-0.39, 0.29) is 23.8 Å². The average molecular weight is 613 g/mol. The number of nitrogens with one attached hydrogen (secondary N) is 1. The first-order chi connectivity index (χ1) is 21.5. The van der Waals surface area contributed by atoms with Crippen LogP contribution in [-0.2, 0) is 17.6 Å². The van der Waals surface area contributed by atoms with Crippen LogP contribution < -0.4 is 11.3 Å². The van der Waals surface area contributed by atoms with Crippen molar-refractivity contribution >= 4 is 5.78 Å². The molecule has 45 heavy (non-hydrogen) atoms. The quantitative estimate of drug-likeness (QED) is 0.222. The van der Waals surface area contributed by atoms with Crippen molar-refractivity contribution in [3.05, 3.63) is 92.6 Å². The van der Waals surface area contributed by atoms with Crippen molar-refractivity contribution < 1.29 is 14.4 Å². The minimum absolute atomic E-state index is 0.0191. The molecule has 1 aliphatic rings. The van der Waals surface area contributed by atoms with Crippen LogP contribution in [0.15, 0.2) is 69.0 Å². The van der Waals surface area contributed by atoms with E-state index in [2.05, 4.69) is 34.1 Å². The lowest BCUT2D eigenvalue weighted by Gasteiger charge is -2.39. The van der Waals surface area contributed by atoms with Gasteiger partial charge in [-0.2, -0.15) is 10.1 Å². The van der Waals surface area contributed by atoms with Crippen LogP contribution >= 0.6 is 0 Å². The first-order valence-electron chi connectivity index (χ1n) is 15.6. The summed E-state index contributed by atoms with van der Waals surface area (Å²) in [5.74, 6) is 0.350. The molecule has 0 radical (unpaired) electrons. The summed E-state index contributed by atoms with van der Waals surface area (Å²) in [6.45, 7) is 7.95. The number of aryl methyl sites for hydroxylation is 1. The van der Waals surface area contributed by atoms with Gasteiger partial charge in [-0.15, -0.1) is 0 Å². The maximum absolute atomic E-state index is 14.4. The number of H-pyrrole nitrogens is 1. The van der Waals surface area contributed by atoms with Crippen LogP contribution in [-0.4, -0.2) is 52.2 Å². The fraction of sp³-hybridized carbons (Fsp3) is 0.441. The second-order valence-corrected chi connectivity index (χ2v) is 13.0. The first-order valence-corrected chi connectivity index (χ1v) is 15.6. The molecule has 0 bridgehead atoms. The topological polar surface area (TPSA) is 141 Å². The highest BCUT2D eigenvalue weighted by molar-refractivity contribution is 5.80. The zero-order valence-corrected chi connectivity index (χ0v) is 26.2. The largest absolute Gasteiger partial charge is 0.439 e. The molecule has 1 aliphatic carbocycles. The Bertz CT molecular complexity index is 1900. The lowest BCUT2D eigenvalue weighted by atomic mass is 9.83. The summed E-state index contributed by atoms with van der Waals surface area (Å²) in [4.78, 5) is 33.1. The smallest absolute Gasteiger partial charge is 0.388 e. The Hall–Kier alpha value is -4.35. The molecule has 236 valence electrons. The van der Waals surface area contributed by atoms with Crippen LogP contribution in [0, 0.1) is 0 Å². The molecule has 3 aromatic heterocycles. The van der Waals surface area contributed by atoms with Crippen molar-refractivity contribution in [1.29, 1.82) is 0 Å². The Morgan fingerprint density at radius 2 is 1.80 bits per heavy atom. The average Bonchev–Trinajstić information content (AvgIpc) is 3.68. The Kier molecular flexibility index (Phi) is 8.32. The van der Waals surface area contributed by atoms with Gasteiger partial charge in [-0.25, -0.2) is 9.31 Å². The first kappa shape index (κ1) is 30.7. The minimum Gasteiger partial charge on any atom is -0.388 e.